The molecule has 0 saturated carbocycles. The Morgan fingerprint density at radius 2 is 2.03 bits per heavy atom. The lowest BCUT2D eigenvalue weighted by molar-refractivity contribution is 0.0808. The number of carbonyl (C=O) groups is 2. The molecule has 1 aliphatic rings. The molecule has 0 spiro atoms. The van der Waals surface area contributed by atoms with Crippen molar-refractivity contribution in [1.82, 2.24) is 25.1 Å². The topological polar surface area (TPSA) is 112 Å². The van der Waals surface area contributed by atoms with E-state index in [9.17, 15) is 14.0 Å². The first-order valence-corrected chi connectivity index (χ1v) is 11.4. The van der Waals surface area contributed by atoms with Gasteiger partial charge < -0.3 is 24.8 Å². The maximum Gasteiger partial charge on any atom is 0.255 e. The normalized spacial score (nSPS) is 13.6. The van der Waals surface area contributed by atoms with Crippen molar-refractivity contribution in [2.24, 2.45) is 7.05 Å². The van der Waals surface area contributed by atoms with Crippen LogP contribution in [0.3, 0.4) is 0 Å². The maximum absolute atomic E-state index is 13.4. The van der Waals surface area contributed by atoms with Crippen molar-refractivity contribution >= 4 is 28.7 Å². The summed E-state index contributed by atoms with van der Waals surface area (Å²) in [5.74, 6) is 0.541. The summed E-state index contributed by atoms with van der Waals surface area (Å²) in [6.07, 6.45) is 1.04. The van der Waals surface area contributed by atoms with Crippen molar-refractivity contribution < 1.29 is 18.7 Å². The molecule has 0 aliphatic carbocycles. The molecule has 184 valence electrons. The van der Waals surface area contributed by atoms with Crippen LogP contribution in [0, 0.1) is 5.41 Å². The Hall–Kier alpha value is -3.95. The highest BCUT2D eigenvalue weighted by Gasteiger charge is 2.31. The first kappa shape index (κ1) is 24.2. The highest BCUT2D eigenvalue weighted by Crippen LogP contribution is 2.30. The van der Waals surface area contributed by atoms with E-state index in [-0.39, 0.29) is 17.6 Å². The molecule has 10 heteroatoms. The van der Waals surface area contributed by atoms with Gasteiger partial charge in [-0.1, -0.05) is 18.2 Å². The van der Waals surface area contributed by atoms with Gasteiger partial charge in [-0.3, -0.25) is 15.0 Å². The number of aryl methyl sites for hydroxylation is 1. The molecule has 2 aromatic carbocycles. The average Bonchev–Trinajstić information content (AvgIpc) is 3.36. The fourth-order valence-corrected chi connectivity index (χ4v) is 4.47. The molecule has 2 heterocycles. The average molecular weight is 481 g/mol. The van der Waals surface area contributed by atoms with Crippen LogP contribution in [0.1, 0.15) is 51.0 Å². The molecule has 1 aromatic heterocycles. The molecule has 0 fully saturated rings. The molecule has 3 aromatic rings. The number of para-hydroxylation sites is 1. The van der Waals surface area contributed by atoms with Crippen LogP contribution in [0.2, 0.25) is 0 Å². The Balaban J connectivity index is 1.65. The summed E-state index contributed by atoms with van der Waals surface area (Å²) in [5, 5.41) is 13.2. The number of aromatic nitrogens is 2. The SMILES string of the molecule is COc1cccc2c1nc(C(CCCNC(=N)CF)NC(=O)c1cccc3c1C(=O)N(C)C3)n2C. The summed E-state index contributed by atoms with van der Waals surface area (Å²) in [6, 6.07) is 10.4. The second-order valence-corrected chi connectivity index (χ2v) is 8.57. The molecule has 2 amide bonds. The number of rotatable bonds is 9. The molecular formula is C25H29FN6O3. The number of hydrogen-bond acceptors (Lipinski definition) is 5. The molecule has 0 radical (unpaired) electrons. The van der Waals surface area contributed by atoms with E-state index in [2.05, 4.69) is 10.6 Å². The zero-order chi connectivity index (χ0) is 25.1. The Morgan fingerprint density at radius 3 is 2.77 bits per heavy atom. The van der Waals surface area contributed by atoms with Crippen LogP contribution in [0.25, 0.3) is 11.0 Å². The minimum absolute atomic E-state index is 0.177. The summed E-state index contributed by atoms with van der Waals surface area (Å²) in [4.78, 5) is 32.5. The second kappa shape index (κ2) is 10.1. The standard InChI is InChI=1S/C25H29FN6O3/c1-31-14-15-7-4-8-16(21(15)25(31)34)24(33)29-17(9-6-12-28-20(27)13-26)23-30-22-18(32(23)2)10-5-11-19(22)35-3/h4-5,7-8,10-11,17H,6,9,12-14H2,1-3H3,(H2,27,28)(H,29,33). The van der Waals surface area contributed by atoms with Crippen LogP contribution in [0.5, 0.6) is 5.75 Å². The monoisotopic (exact) mass is 480 g/mol. The van der Waals surface area contributed by atoms with E-state index in [0.29, 0.717) is 54.1 Å². The third-order valence-corrected chi connectivity index (χ3v) is 6.25. The number of ether oxygens (including phenoxy) is 1. The summed E-state index contributed by atoms with van der Waals surface area (Å²) in [5.41, 5.74) is 3.12. The zero-order valence-electron chi connectivity index (χ0n) is 20.0. The van der Waals surface area contributed by atoms with Gasteiger partial charge in [0.1, 0.15) is 29.6 Å². The number of amides is 2. The van der Waals surface area contributed by atoms with Crippen LogP contribution >= 0.6 is 0 Å². The largest absolute Gasteiger partial charge is 0.494 e. The number of carbonyl (C=O) groups excluding carboxylic acids is 2. The smallest absolute Gasteiger partial charge is 0.255 e. The van der Waals surface area contributed by atoms with Crippen LogP contribution in [-0.4, -0.2) is 59.5 Å². The number of alkyl halides is 1. The predicted molar refractivity (Wildman–Crippen MR) is 131 cm³/mol. The molecule has 35 heavy (non-hydrogen) atoms. The number of fused-ring (bicyclic) bond motifs is 2. The van der Waals surface area contributed by atoms with Crippen molar-refractivity contribution in [3.05, 3.63) is 58.9 Å². The molecule has 1 unspecified atom stereocenters. The van der Waals surface area contributed by atoms with Gasteiger partial charge in [-0.05, 0) is 36.6 Å². The molecule has 1 aliphatic heterocycles. The van der Waals surface area contributed by atoms with Crippen molar-refractivity contribution in [3.63, 3.8) is 0 Å². The van der Waals surface area contributed by atoms with Crippen molar-refractivity contribution in [2.75, 3.05) is 27.4 Å². The third kappa shape index (κ3) is 4.68. The molecule has 1 atom stereocenters. The fourth-order valence-electron chi connectivity index (χ4n) is 4.47. The lowest BCUT2D eigenvalue weighted by atomic mass is 10.0. The number of halogens is 1. The lowest BCUT2D eigenvalue weighted by Crippen LogP contribution is -2.33. The Morgan fingerprint density at radius 1 is 1.26 bits per heavy atom. The van der Waals surface area contributed by atoms with Crippen molar-refractivity contribution in [2.45, 2.75) is 25.4 Å². The van der Waals surface area contributed by atoms with Gasteiger partial charge in [-0.25, -0.2) is 9.37 Å². The number of benzene rings is 2. The summed E-state index contributed by atoms with van der Waals surface area (Å²) >= 11 is 0. The maximum atomic E-state index is 13.4. The molecule has 0 bridgehead atoms. The van der Waals surface area contributed by atoms with E-state index in [1.54, 1.807) is 31.2 Å². The van der Waals surface area contributed by atoms with E-state index >= 15 is 0 Å². The van der Waals surface area contributed by atoms with Gasteiger partial charge in [0.05, 0.1) is 29.8 Å². The van der Waals surface area contributed by atoms with Gasteiger partial charge >= 0.3 is 0 Å². The number of imidazole rings is 1. The third-order valence-electron chi connectivity index (χ3n) is 6.25. The van der Waals surface area contributed by atoms with Crippen molar-refractivity contribution in [3.8, 4) is 5.75 Å². The fraction of sp³-hybridized carbons (Fsp3) is 0.360. The zero-order valence-corrected chi connectivity index (χ0v) is 20.0. The van der Waals surface area contributed by atoms with Gasteiger partial charge in [-0.2, -0.15) is 0 Å². The summed E-state index contributed by atoms with van der Waals surface area (Å²) in [6.45, 7) is -0.00578. The molecule has 0 saturated heterocycles. The van der Waals surface area contributed by atoms with Gasteiger partial charge in [0.15, 0.2) is 0 Å². The van der Waals surface area contributed by atoms with E-state index in [4.69, 9.17) is 15.1 Å². The quantitative estimate of drug-likeness (QED) is 0.248. The van der Waals surface area contributed by atoms with Gasteiger partial charge in [-0.15, -0.1) is 0 Å². The number of amidine groups is 1. The van der Waals surface area contributed by atoms with Crippen LogP contribution in [0.15, 0.2) is 36.4 Å². The number of hydrogen-bond donors (Lipinski definition) is 3. The van der Waals surface area contributed by atoms with Gasteiger partial charge in [0, 0.05) is 27.2 Å². The number of methoxy groups -OCH3 is 1. The minimum Gasteiger partial charge on any atom is -0.494 e. The highest BCUT2D eigenvalue weighted by molar-refractivity contribution is 6.09. The Kier molecular flexibility index (Phi) is 6.99. The molecule has 4 rings (SSSR count). The first-order valence-electron chi connectivity index (χ1n) is 11.4. The van der Waals surface area contributed by atoms with Crippen LogP contribution < -0.4 is 15.4 Å². The van der Waals surface area contributed by atoms with E-state index in [1.165, 1.54) is 0 Å². The van der Waals surface area contributed by atoms with Gasteiger partial charge in [0.2, 0.25) is 0 Å². The van der Waals surface area contributed by atoms with Gasteiger partial charge in [0.25, 0.3) is 11.8 Å². The van der Waals surface area contributed by atoms with Crippen molar-refractivity contribution in [1.29, 1.82) is 5.41 Å². The number of nitrogens with zero attached hydrogens (tertiary/aromatic N) is 3. The Bertz CT molecular complexity index is 1290. The highest BCUT2D eigenvalue weighted by atomic mass is 19.1. The molecular weight excluding hydrogens is 451 g/mol. The minimum atomic E-state index is -0.855. The number of nitrogens with one attached hydrogen (secondary N) is 3. The van der Waals surface area contributed by atoms with E-state index in [0.717, 1.165) is 11.1 Å². The second-order valence-electron chi connectivity index (χ2n) is 8.57. The Labute approximate surface area is 202 Å². The van der Waals surface area contributed by atoms with E-state index < -0.39 is 12.7 Å². The molecule has 3 N–H and O–H groups in total. The van der Waals surface area contributed by atoms with E-state index in [1.807, 2.05) is 35.9 Å². The predicted octanol–water partition coefficient (Wildman–Crippen LogP) is 2.96. The first-order chi connectivity index (χ1) is 16.8. The molecule has 9 nitrogen and oxygen atoms in total. The lowest BCUT2D eigenvalue weighted by Gasteiger charge is -2.20. The summed E-state index contributed by atoms with van der Waals surface area (Å²) < 4.78 is 20.0. The van der Waals surface area contributed by atoms with Crippen LogP contribution in [-0.2, 0) is 13.6 Å². The summed E-state index contributed by atoms with van der Waals surface area (Å²) in [7, 11) is 5.17. The van der Waals surface area contributed by atoms with Crippen LogP contribution in [0.4, 0.5) is 4.39 Å².